The Labute approximate surface area is 68.0 Å². The Balaban J connectivity index is 2.94. The number of furan rings is 1. The first kappa shape index (κ1) is 7.90. The number of hydrogen-bond acceptors (Lipinski definition) is 3. The maximum atomic E-state index is 10.3. The summed E-state index contributed by atoms with van der Waals surface area (Å²) in [5.41, 5.74) is 0. The molecule has 1 heterocycles. The summed E-state index contributed by atoms with van der Waals surface area (Å²) in [7, 11) is 0. The van der Waals surface area contributed by atoms with Crippen molar-refractivity contribution in [3.05, 3.63) is 23.7 Å². The van der Waals surface area contributed by atoms with Crippen LogP contribution in [0.1, 0.15) is 16.3 Å². The highest BCUT2D eigenvalue weighted by atomic mass is 16.4. The molecule has 1 N–H and O–H groups in total. The number of nitriles is 1. The first-order valence-electron chi connectivity index (χ1n) is 2.97. The lowest BCUT2D eigenvalue weighted by Gasteiger charge is -1.81. The molecule has 4 heteroatoms. The Hall–Kier alpha value is -2.20. The molecular formula is C8H3NO3. The van der Waals surface area contributed by atoms with Gasteiger partial charge < -0.3 is 9.52 Å². The fourth-order valence-electron chi connectivity index (χ4n) is 0.610. The molecule has 12 heavy (non-hydrogen) atoms. The SMILES string of the molecule is N#CC#Cc1ccc(C(=O)O)o1. The molecule has 0 aliphatic rings. The molecule has 0 aliphatic heterocycles. The van der Waals surface area contributed by atoms with Gasteiger partial charge in [-0.1, -0.05) is 0 Å². The van der Waals surface area contributed by atoms with Gasteiger partial charge in [-0.2, -0.15) is 5.26 Å². The molecule has 0 amide bonds. The summed E-state index contributed by atoms with van der Waals surface area (Å²) in [4.78, 5) is 10.3. The van der Waals surface area contributed by atoms with E-state index in [9.17, 15) is 4.79 Å². The largest absolute Gasteiger partial charge is 0.475 e. The second kappa shape index (κ2) is 3.27. The second-order valence-electron chi connectivity index (χ2n) is 1.83. The first-order chi connectivity index (χ1) is 5.74. The minimum Gasteiger partial charge on any atom is -0.475 e. The minimum atomic E-state index is -1.15. The van der Waals surface area contributed by atoms with E-state index in [0.29, 0.717) is 0 Å². The molecule has 1 aromatic heterocycles. The van der Waals surface area contributed by atoms with Crippen molar-refractivity contribution in [1.29, 1.82) is 5.26 Å². The fraction of sp³-hybridized carbons (Fsp3) is 0. The Kier molecular flexibility index (Phi) is 2.15. The summed E-state index contributed by atoms with van der Waals surface area (Å²) in [6.07, 6.45) is 0. The lowest BCUT2D eigenvalue weighted by atomic mass is 10.4. The van der Waals surface area contributed by atoms with Gasteiger partial charge in [0.1, 0.15) is 0 Å². The van der Waals surface area contributed by atoms with Gasteiger partial charge >= 0.3 is 5.97 Å². The van der Waals surface area contributed by atoms with Crippen LogP contribution >= 0.6 is 0 Å². The molecule has 0 saturated heterocycles. The maximum Gasteiger partial charge on any atom is 0.371 e. The van der Waals surface area contributed by atoms with Gasteiger partial charge in [-0.3, -0.25) is 0 Å². The average molecular weight is 161 g/mol. The van der Waals surface area contributed by atoms with Gasteiger partial charge in [-0.25, -0.2) is 4.79 Å². The molecule has 0 spiro atoms. The Bertz CT molecular complexity index is 400. The summed E-state index contributed by atoms with van der Waals surface area (Å²) in [5.74, 6) is 3.25. The molecule has 4 nitrogen and oxygen atoms in total. The highest BCUT2D eigenvalue weighted by Crippen LogP contribution is 2.05. The molecule has 1 rings (SSSR count). The number of nitrogens with zero attached hydrogens (tertiary/aromatic N) is 1. The molecule has 1 aromatic rings. The topological polar surface area (TPSA) is 74.2 Å². The smallest absolute Gasteiger partial charge is 0.371 e. The second-order valence-corrected chi connectivity index (χ2v) is 1.83. The molecule has 58 valence electrons. The van der Waals surface area contributed by atoms with Crippen LogP contribution in [0.4, 0.5) is 0 Å². The molecule has 0 fully saturated rings. The third-order valence-electron chi connectivity index (χ3n) is 1.06. The number of rotatable bonds is 1. The van der Waals surface area contributed by atoms with E-state index in [4.69, 9.17) is 14.8 Å². The third kappa shape index (κ3) is 1.65. The lowest BCUT2D eigenvalue weighted by Crippen LogP contribution is -1.91. The summed E-state index contributed by atoms with van der Waals surface area (Å²) in [6, 6.07) is 4.26. The van der Waals surface area contributed by atoms with Crippen molar-refractivity contribution >= 4 is 5.97 Å². The average Bonchev–Trinajstić information content (AvgIpc) is 2.48. The first-order valence-corrected chi connectivity index (χ1v) is 2.97. The van der Waals surface area contributed by atoms with Crippen molar-refractivity contribution in [2.45, 2.75) is 0 Å². The van der Waals surface area contributed by atoms with E-state index in [1.165, 1.54) is 12.1 Å². The fourth-order valence-corrected chi connectivity index (χ4v) is 0.610. The molecule has 0 bridgehead atoms. The summed E-state index contributed by atoms with van der Waals surface area (Å²) in [5, 5.41) is 16.5. The number of carboxylic acids is 1. The Morgan fingerprint density at radius 2 is 2.33 bits per heavy atom. The van der Waals surface area contributed by atoms with E-state index in [0.717, 1.165) is 0 Å². The summed E-state index contributed by atoms with van der Waals surface area (Å²) in [6.45, 7) is 0. The molecule has 0 saturated carbocycles. The monoisotopic (exact) mass is 161 g/mol. The molecular weight excluding hydrogens is 158 g/mol. The van der Waals surface area contributed by atoms with Gasteiger partial charge in [0.05, 0.1) is 0 Å². The predicted octanol–water partition coefficient (Wildman–Crippen LogP) is 0.853. The van der Waals surface area contributed by atoms with Crippen molar-refractivity contribution in [2.24, 2.45) is 0 Å². The lowest BCUT2D eigenvalue weighted by molar-refractivity contribution is 0.0662. The predicted molar refractivity (Wildman–Crippen MR) is 38.2 cm³/mol. The van der Waals surface area contributed by atoms with E-state index in [-0.39, 0.29) is 11.5 Å². The van der Waals surface area contributed by atoms with Gasteiger partial charge in [-0.05, 0) is 18.1 Å². The van der Waals surface area contributed by atoms with Crippen molar-refractivity contribution in [1.82, 2.24) is 0 Å². The molecule has 0 unspecified atom stereocenters. The van der Waals surface area contributed by atoms with Gasteiger partial charge in [0.25, 0.3) is 0 Å². The normalized spacial score (nSPS) is 7.92. The van der Waals surface area contributed by atoms with Crippen molar-refractivity contribution in [3.8, 4) is 17.9 Å². The van der Waals surface area contributed by atoms with Crippen molar-refractivity contribution in [2.75, 3.05) is 0 Å². The zero-order chi connectivity index (χ0) is 8.97. The summed E-state index contributed by atoms with van der Waals surface area (Å²) < 4.78 is 4.72. The molecule has 0 aromatic carbocycles. The van der Waals surface area contributed by atoms with E-state index < -0.39 is 5.97 Å². The van der Waals surface area contributed by atoms with Crippen LogP contribution < -0.4 is 0 Å². The van der Waals surface area contributed by atoms with Crippen LogP contribution in [0.3, 0.4) is 0 Å². The van der Waals surface area contributed by atoms with Crippen LogP contribution in [0.15, 0.2) is 16.5 Å². The van der Waals surface area contributed by atoms with Crippen LogP contribution in [0.2, 0.25) is 0 Å². The Morgan fingerprint density at radius 3 is 2.83 bits per heavy atom. The quantitative estimate of drug-likeness (QED) is 0.619. The minimum absolute atomic E-state index is 0.175. The third-order valence-corrected chi connectivity index (χ3v) is 1.06. The van der Waals surface area contributed by atoms with E-state index in [1.54, 1.807) is 6.07 Å². The van der Waals surface area contributed by atoms with Gasteiger partial charge in [-0.15, -0.1) is 0 Å². The molecule has 0 atom stereocenters. The highest BCUT2D eigenvalue weighted by Gasteiger charge is 2.06. The van der Waals surface area contributed by atoms with Crippen LogP contribution in [0.25, 0.3) is 0 Å². The van der Waals surface area contributed by atoms with E-state index >= 15 is 0 Å². The van der Waals surface area contributed by atoms with Gasteiger partial charge in [0.2, 0.25) is 5.76 Å². The molecule has 0 radical (unpaired) electrons. The van der Waals surface area contributed by atoms with Crippen molar-refractivity contribution in [3.63, 3.8) is 0 Å². The number of carbonyl (C=O) groups is 1. The maximum absolute atomic E-state index is 10.3. The summed E-state index contributed by atoms with van der Waals surface area (Å²) >= 11 is 0. The van der Waals surface area contributed by atoms with Crippen LogP contribution in [0, 0.1) is 23.2 Å². The molecule has 0 aliphatic carbocycles. The standard InChI is InChI=1S/C8H3NO3/c9-5-1-2-6-3-4-7(12-6)8(10)11/h3-4H,(H,10,11). The van der Waals surface area contributed by atoms with Crippen LogP contribution in [-0.2, 0) is 0 Å². The van der Waals surface area contributed by atoms with Crippen LogP contribution in [-0.4, -0.2) is 11.1 Å². The van der Waals surface area contributed by atoms with Crippen molar-refractivity contribution < 1.29 is 14.3 Å². The number of hydrogen-bond donors (Lipinski definition) is 1. The van der Waals surface area contributed by atoms with E-state index in [1.807, 2.05) is 0 Å². The highest BCUT2D eigenvalue weighted by molar-refractivity contribution is 5.84. The number of aromatic carboxylic acids is 1. The zero-order valence-corrected chi connectivity index (χ0v) is 5.87. The Morgan fingerprint density at radius 1 is 1.58 bits per heavy atom. The van der Waals surface area contributed by atoms with Crippen LogP contribution in [0.5, 0.6) is 0 Å². The van der Waals surface area contributed by atoms with Gasteiger partial charge in [0.15, 0.2) is 11.8 Å². The number of carboxylic acid groups (broad SMARTS) is 1. The van der Waals surface area contributed by atoms with E-state index in [2.05, 4.69) is 11.8 Å². The van der Waals surface area contributed by atoms with Gasteiger partial charge in [0, 0.05) is 5.92 Å². The zero-order valence-electron chi connectivity index (χ0n) is 5.87.